The van der Waals surface area contributed by atoms with E-state index in [0.717, 1.165) is 43.2 Å². The van der Waals surface area contributed by atoms with E-state index >= 15 is 0 Å². The number of Topliss-reactive ketones (excluding diaryl/α,β-unsaturated/α-hetero) is 1. The number of phenolic OH excluding ortho intramolecular Hbond substituents is 1. The van der Waals surface area contributed by atoms with Crippen LogP contribution in [0.25, 0.3) is 0 Å². The summed E-state index contributed by atoms with van der Waals surface area (Å²) in [6, 6.07) is 15.4. The second kappa shape index (κ2) is 12.7. The molecule has 3 nitrogen and oxygen atoms in total. The maximum absolute atomic E-state index is 12.0. The number of aryl methyl sites for hydroxylation is 2. The van der Waals surface area contributed by atoms with Gasteiger partial charge >= 0.3 is 0 Å². The highest BCUT2D eigenvalue weighted by molar-refractivity contribution is 5.91. The van der Waals surface area contributed by atoms with Crippen molar-refractivity contribution in [2.75, 3.05) is 0 Å². The molecule has 0 amide bonds. The SMILES string of the molecule is CCc1ccc(CC(=O)/C=C\CCCCCC(=O)CCc2ccccc2O)cc1. The highest BCUT2D eigenvalue weighted by atomic mass is 16.3. The standard InChI is InChI=1S/C26H32O3/c1-2-21-14-16-22(17-15-21)20-25(28)12-7-5-3-4-6-11-24(27)19-18-23-10-8-9-13-26(23)29/h7-10,12-17,29H,2-6,11,18-20H2,1H3/b12-7-. The summed E-state index contributed by atoms with van der Waals surface area (Å²) in [5.74, 6) is 0.640. The maximum Gasteiger partial charge on any atom is 0.159 e. The molecule has 154 valence electrons. The number of aromatic hydroxyl groups is 1. The number of para-hydroxylation sites is 1. The molecule has 2 aromatic rings. The van der Waals surface area contributed by atoms with Crippen LogP contribution in [-0.4, -0.2) is 16.7 Å². The van der Waals surface area contributed by atoms with Gasteiger partial charge in [0, 0.05) is 19.3 Å². The molecule has 2 aromatic carbocycles. The molecule has 0 aliphatic carbocycles. The fraction of sp³-hybridized carbons (Fsp3) is 0.385. The summed E-state index contributed by atoms with van der Waals surface area (Å²) in [4.78, 5) is 24.0. The Morgan fingerprint density at radius 2 is 1.62 bits per heavy atom. The van der Waals surface area contributed by atoms with E-state index in [1.165, 1.54) is 5.56 Å². The molecule has 0 fully saturated rings. The van der Waals surface area contributed by atoms with Crippen LogP contribution in [0.3, 0.4) is 0 Å². The third-order valence-corrected chi connectivity index (χ3v) is 5.10. The van der Waals surface area contributed by atoms with Gasteiger partial charge in [0.15, 0.2) is 5.78 Å². The molecule has 1 N–H and O–H groups in total. The molecule has 0 aromatic heterocycles. The first-order valence-electron chi connectivity index (χ1n) is 10.6. The zero-order valence-electron chi connectivity index (χ0n) is 17.4. The molecular formula is C26H32O3. The third-order valence-electron chi connectivity index (χ3n) is 5.10. The van der Waals surface area contributed by atoms with E-state index in [1.807, 2.05) is 30.3 Å². The van der Waals surface area contributed by atoms with E-state index in [2.05, 4.69) is 19.1 Å². The average molecular weight is 393 g/mol. The summed E-state index contributed by atoms with van der Waals surface area (Å²) in [6.45, 7) is 2.12. The summed E-state index contributed by atoms with van der Waals surface area (Å²) >= 11 is 0. The molecule has 3 heteroatoms. The van der Waals surface area contributed by atoms with Crippen LogP contribution in [0.5, 0.6) is 5.75 Å². The largest absolute Gasteiger partial charge is 0.508 e. The fourth-order valence-corrected chi connectivity index (χ4v) is 3.25. The van der Waals surface area contributed by atoms with Gasteiger partial charge in [-0.25, -0.2) is 0 Å². The number of rotatable bonds is 13. The summed E-state index contributed by atoms with van der Waals surface area (Å²) in [6.07, 6.45) is 10.5. The van der Waals surface area contributed by atoms with Crippen molar-refractivity contribution in [1.82, 2.24) is 0 Å². The Morgan fingerprint density at radius 1 is 0.897 bits per heavy atom. The second-order valence-electron chi connectivity index (χ2n) is 7.48. The van der Waals surface area contributed by atoms with E-state index in [-0.39, 0.29) is 17.3 Å². The number of ketones is 2. The minimum absolute atomic E-state index is 0.133. The van der Waals surface area contributed by atoms with E-state index in [4.69, 9.17) is 0 Å². The quantitative estimate of drug-likeness (QED) is 0.347. The van der Waals surface area contributed by atoms with Crippen molar-refractivity contribution in [3.8, 4) is 5.75 Å². The van der Waals surface area contributed by atoms with Crippen molar-refractivity contribution in [3.63, 3.8) is 0 Å². The van der Waals surface area contributed by atoms with E-state index in [1.54, 1.807) is 18.2 Å². The third kappa shape index (κ3) is 8.91. The topological polar surface area (TPSA) is 54.4 Å². The zero-order chi connectivity index (χ0) is 20.9. The minimum Gasteiger partial charge on any atom is -0.508 e. The van der Waals surface area contributed by atoms with Gasteiger partial charge in [-0.1, -0.05) is 61.9 Å². The minimum atomic E-state index is 0.133. The monoisotopic (exact) mass is 392 g/mol. The Bertz CT molecular complexity index is 803. The molecule has 0 saturated heterocycles. The molecule has 0 radical (unpaired) electrons. The number of hydrogen-bond acceptors (Lipinski definition) is 3. The highest BCUT2D eigenvalue weighted by Gasteiger charge is 2.05. The second-order valence-corrected chi connectivity index (χ2v) is 7.48. The Balaban J connectivity index is 1.53. The van der Waals surface area contributed by atoms with Crippen molar-refractivity contribution in [3.05, 3.63) is 77.4 Å². The van der Waals surface area contributed by atoms with Crippen LogP contribution in [0.15, 0.2) is 60.7 Å². The van der Waals surface area contributed by atoms with Gasteiger partial charge < -0.3 is 5.11 Å². The summed E-state index contributed by atoms with van der Waals surface area (Å²) in [5, 5.41) is 9.72. The first-order valence-corrected chi connectivity index (χ1v) is 10.6. The lowest BCUT2D eigenvalue weighted by Gasteiger charge is -2.04. The molecule has 0 unspecified atom stereocenters. The van der Waals surface area contributed by atoms with Gasteiger partial charge in [0.1, 0.15) is 11.5 Å². The summed E-state index contributed by atoms with van der Waals surface area (Å²) in [5.41, 5.74) is 3.17. The van der Waals surface area contributed by atoms with Gasteiger partial charge in [-0.15, -0.1) is 0 Å². The Hall–Kier alpha value is -2.68. The van der Waals surface area contributed by atoms with Crippen molar-refractivity contribution in [2.24, 2.45) is 0 Å². The number of allylic oxidation sites excluding steroid dienone is 2. The molecule has 0 heterocycles. The van der Waals surface area contributed by atoms with Crippen molar-refractivity contribution < 1.29 is 14.7 Å². The van der Waals surface area contributed by atoms with Gasteiger partial charge in [-0.05, 0) is 60.9 Å². The van der Waals surface area contributed by atoms with Gasteiger partial charge in [0.2, 0.25) is 0 Å². The molecular weight excluding hydrogens is 360 g/mol. The first-order chi connectivity index (χ1) is 14.1. The van der Waals surface area contributed by atoms with Crippen LogP contribution in [0, 0.1) is 0 Å². The van der Waals surface area contributed by atoms with E-state index in [9.17, 15) is 14.7 Å². The lowest BCUT2D eigenvalue weighted by Crippen LogP contribution is -2.00. The van der Waals surface area contributed by atoms with Crippen LogP contribution in [-0.2, 0) is 28.9 Å². The summed E-state index contributed by atoms with van der Waals surface area (Å²) < 4.78 is 0. The van der Waals surface area contributed by atoms with Gasteiger partial charge in [-0.2, -0.15) is 0 Å². The highest BCUT2D eigenvalue weighted by Crippen LogP contribution is 2.18. The molecule has 0 aliphatic heterocycles. The van der Waals surface area contributed by atoms with Gasteiger partial charge in [0.25, 0.3) is 0 Å². The Kier molecular flexibility index (Phi) is 9.91. The normalized spacial score (nSPS) is 11.1. The number of phenols is 1. The lowest BCUT2D eigenvalue weighted by molar-refractivity contribution is -0.119. The Labute approximate surface area is 174 Å². The summed E-state index contributed by atoms with van der Waals surface area (Å²) in [7, 11) is 0. The first kappa shape index (κ1) is 22.6. The van der Waals surface area contributed by atoms with Crippen molar-refractivity contribution >= 4 is 11.6 Å². The molecule has 2 rings (SSSR count). The molecule has 0 spiro atoms. The molecule has 0 atom stereocenters. The number of hydrogen-bond donors (Lipinski definition) is 1. The van der Waals surface area contributed by atoms with Crippen molar-refractivity contribution in [2.45, 2.75) is 64.7 Å². The number of carbonyl (C=O) groups is 2. The van der Waals surface area contributed by atoms with Crippen LogP contribution < -0.4 is 0 Å². The molecule has 0 bridgehead atoms. The van der Waals surface area contributed by atoms with Crippen LogP contribution in [0.2, 0.25) is 0 Å². The van der Waals surface area contributed by atoms with Crippen LogP contribution in [0.4, 0.5) is 0 Å². The molecule has 0 saturated carbocycles. The van der Waals surface area contributed by atoms with E-state index < -0.39 is 0 Å². The molecule has 29 heavy (non-hydrogen) atoms. The average Bonchev–Trinajstić information content (AvgIpc) is 2.73. The van der Waals surface area contributed by atoms with E-state index in [0.29, 0.717) is 25.7 Å². The maximum atomic E-state index is 12.0. The number of carbonyl (C=O) groups excluding carboxylic acids is 2. The zero-order valence-corrected chi connectivity index (χ0v) is 17.4. The lowest BCUT2D eigenvalue weighted by atomic mass is 10.0. The fourth-order valence-electron chi connectivity index (χ4n) is 3.25. The number of unbranched alkanes of at least 4 members (excludes halogenated alkanes) is 3. The molecule has 0 aliphatic rings. The smallest absolute Gasteiger partial charge is 0.159 e. The predicted molar refractivity (Wildman–Crippen MR) is 118 cm³/mol. The van der Waals surface area contributed by atoms with Crippen LogP contribution >= 0.6 is 0 Å². The van der Waals surface area contributed by atoms with Gasteiger partial charge in [-0.3, -0.25) is 9.59 Å². The Morgan fingerprint density at radius 3 is 2.34 bits per heavy atom. The van der Waals surface area contributed by atoms with Gasteiger partial charge in [0.05, 0.1) is 0 Å². The predicted octanol–water partition coefficient (Wildman–Crippen LogP) is 5.77. The number of benzene rings is 2. The van der Waals surface area contributed by atoms with Crippen LogP contribution in [0.1, 0.15) is 62.1 Å². The van der Waals surface area contributed by atoms with Crippen molar-refractivity contribution in [1.29, 1.82) is 0 Å².